The molecule has 1 unspecified atom stereocenters. The number of amides is 2. The van der Waals surface area contributed by atoms with E-state index in [4.69, 9.17) is 4.74 Å². The molecule has 1 atom stereocenters. The highest BCUT2D eigenvalue weighted by atomic mass is 16.5. The average molecular weight is 565 g/mol. The minimum Gasteiger partial charge on any atom is -0.379 e. The van der Waals surface area contributed by atoms with Crippen molar-refractivity contribution in [1.29, 1.82) is 0 Å². The van der Waals surface area contributed by atoms with Crippen LogP contribution in [0.4, 0.5) is 5.69 Å². The highest BCUT2D eigenvalue weighted by Crippen LogP contribution is 2.24. The molecule has 0 aromatic heterocycles. The van der Waals surface area contributed by atoms with E-state index in [9.17, 15) is 9.59 Å². The second-order valence-electron chi connectivity index (χ2n) is 11.0. The van der Waals surface area contributed by atoms with Crippen molar-refractivity contribution in [2.75, 3.05) is 58.4 Å². The molecule has 0 saturated carbocycles. The lowest BCUT2D eigenvalue weighted by atomic mass is 9.99. The maximum absolute atomic E-state index is 14.5. The number of hydrogen-bond donors (Lipinski definition) is 1. The molecule has 1 aliphatic heterocycles. The average Bonchev–Trinajstić information content (AvgIpc) is 3.03. The SMILES string of the molecule is CN(C)c1ccc(CN(C(=O)c2cccc3ccccc23)C(Cc2ccccc2)C(=O)NCCN2CCOCC2)cc1. The molecule has 0 radical (unpaired) electrons. The molecule has 0 bridgehead atoms. The van der Waals surface area contributed by atoms with Crippen molar-refractivity contribution in [3.8, 4) is 0 Å². The number of anilines is 1. The largest absolute Gasteiger partial charge is 0.379 e. The van der Waals surface area contributed by atoms with Crippen LogP contribution in [0.25, 0.3) is 10.8 Å². The zero-order chi connectivity index (χ0) is 29.3. The molecular formula is C35H40N4O3. The Morgan fingerprint density at radius 3 is 2.26 bits per heavy atom. The number of benzene rings is 4. The number of morpholine rings is 1. The van der Waals surface area contributed by atoms with Gasteiger partial charge in [0.05, 0.1) is 13.2 Å². The molecular weight excluding hydrogens is 524 g/mol. The molecule has 218 valence electrons. The summed E-state index contributed by atoms with van der Waals surface area (Å²) >= 11 is 0. The smallest absolute Gasteiger partial charge is 0.255 e. The van der Waals surface area contributed by atoms with Gasteiger partial charge in [0.25, 0.3) is 5.91 Å². The number of fused-ring (bicyclic) bond motifs is 1. The summed E-state index contributed by atoms with van der Waals surface area (Å²) < 4.78 is 5.46. The molecule has 2 amide bonds. The molecule has 1 N–H and O–H groups in total. The second kappa shape index (κ2) is 14.1. The minimum absolute atomic E-state index is 0.148. The lowest BCUT2D eigenvalue weighted by Crippen LogP contribution is -2.52. The number of nitrogens with one attached hydrogen (secondary N) is 1. The summed E-state index contributed by atoms with van der Waals surface area (Å²) in [5.74, 6) is -0.307. The molecule has 4 aromatic rings. The van der Waals surface area contributed by atoms with Crippen LogP contribution in [-0.4, -0.2) is 81.1 Å². The first-order chi connectivity index (χ1) is 20.5. The molecule has 1 heterocycles. The van der Waals surface area contributed by atoms with Crippen LogP contribution in [0.5, 0.6) is 0 Å². The van der Waals surface area contributed by atoms with E-state index in [2.05, 4.69) is 10.2 Å². The van der Waals surface area contributed by atoms with Gasteiger partial charge in [-0.15, -0.1) is 0 Å². The normalized spacial score (nSPS) is 14.3. The molecule has 1 saturated heterocycles. The maximum Gasteiger partial charge on any atom is 0.255 e. The third kappa shape index (κ3) is 7.35. The summed E-state index contributed by atoms with van der Waals surface area (Å²) in [6, 6.07) is 31.1. The molecule has 42 heavy (non-hydrogen) atoms. The van der Waals surface area contributed by atoms with E-state index in [-0.39, 0.29) is 11.8 Å². The predicted octanol–water partition coefficient (Wildman–Crippen LogP) is 4.61. The summed E-state index contributed by atoms with van der Waals surface area (Å²) in [6.07, 6.45) is 0.413. The second-order valence-corrected chi connectivity index (χ2v) is 11.0. The van der Waals surface area contributed by atoms with E-state index < -0.39 is 6.04 Å². The van der Waals surface area contributed by atoms with Crippen molar-refractivity contribution in [2.45, 2.75) is 19.0 Å². The Kier molecular flexibility index (Phi) is 9.85. The number of rotatable bonds is 11. The van der Waals surface area contributed by atoms with Crippen LogP contribution < -0.4 is 10.2 Å². The topological polar surface area (TPSA) is 65.1 Å². The van der Waals surface area contributed by atoms with Crippen molar-refractivity contribution in [2.24, 2.45) is 0 Å². The van der Waals surface area contributed by atoms with Crippen LogP contribution in [0.15, 0.2) is 97.1 Å². The van der Waals surface area contributed by atoms with Crippen LogP contribution in [-0.2, 0) is 22.5 Å². The first-order valence-electron chi connectivity index (χ1n) is 14.7. The van der Waals surface area contributed by atoms with Gasteiger partial charge in [0.15, 0.2) is 0 Å². The van der Waals surface area contributed by atoms with Gasteiger partial charge in [0.1, 0.15) is 6.04 Å². The van der Waals surface area contributed by atoms with E-state index in [1.54, 1.807) is 4.90 Å². The molecule has 0 aliphatic carbocycles. The van der Waals surface area contributed by atoms with Gasteiger partial charge in [-0.1, -0.05) is 78.9 Å². The fourth-order valence-electron chi connectivity index (χ4n) is 5.45. The molecule has 1 aliphatic rings. The van der Waals surface area contributed by atoms with Crippen LogP contribution >= 0.6 is 0 Å². The fraction of sp³-hybridized carbons (Fsp3) is 0.314. The van der Waals surface area contributed by atoms with Crippen LogP contribution in [0.1, 0.15) is 21.5 Å². The zero-order valence-electron chi connectivity index (χ0n) is 24.5. The van der Waals surface area contributed by atoms with E-state index in [1.165, 1.54) is 0 Å². The Hall–Kier alpha value is -4.20. The summed E-state index contributed by atoms with van der Waals surface area (Å²) in [5, 5.41) is 5.03. The minimum atomic E-state index is -0.697. The van der Waals surface area contributed by atoms with Crippen LogP contribution in [0, 0.1) is 0 Å². The number of carbonyl (C=O) groups excluding carboxylic acids is 2. The quantitative estimate of drug-likeness (QED) is 0.288. The summed E-state index contributed by atoms with van der Waals surface area (Å²) in [6.45, 7) is 4.71. The van der Waals surface area contributed by atoms with Crippen molar-refractivity contribution >= 4 is 28.3 Å². The van der Waals surface area contributed by atoms with Crippen LogP contribution in [0.3, 0.4) is 0 Å². The molecule has 1 fully saturated rings. The van der Waals surface area contributed by atoms with Gasteiger partial charge in [-0.25, -0.2) is 0 Å². The standard InChI is InChI=1S/C35H40N4O3/c1-37(2)30-17-15-28(16-18-30)26-39(35(41)32-14-8-12-29-11-6-7-13-31(29)32)33(25-27-9-4-3-5-10-27)34(40)36-19-20-38-21-23-42-24-22-38/h3-18,33H,19-26H2,1-2H3,(H,36,40). The Morgan fingerprint density at radius 1 is 0.833 bits per heavy atom. The van der Waals surface area contributed by atoms with Gasteiger partial charge in [-0.3, -0.25) is 14.5 Å². The predicted molar refractivity (Wildman–Crippen MR) is 169 cm³/mol. The monoisotopic (exact) mass is 564 g/mol. The first-order valence-corrected chi connectivity index (χ1v) is 14.7. The van der Waals surface area contributed by atoms with Gasteiger partial charge in [0.2, 0.25) is 5.91 Å². The van der Waals surface area contributed by atoms with Gasteiger partial charge in [0, 0.05) is 64.5 Å². The van der Waals surface area contributed by atoms with Crippen molar-refractivity contribution in [1.82, 2.24) is 15.1 Å². The van der Waals surface area contributed by atoms with Gasteiger partial charge in [-0.2, -0.15) is 0 Å². The number of hydrogen-bond acceptors (Lipinski definition) is 5. The molecule has 4 aromatic carbocycles. The Labute approximate surface area is 248 Å². The Balaban J connectivity index is 1.48. The highest BCUT2D eigenvalue weighted by Gasteiger charge is 2.32. The molecule has 5 rings (SSSR count). The van der Waals surface area contributed by atoms with Gasteiger partial charge < -0.3 is 19.9 Å². The molecule has 0 spiro atoms. The third-order valence-electron chi connectivity index (χ3n) is 7.87. The van der Waals surface area contributed by atoms with Crippen molar-refractivity contribution < 1.29 is 14.3 Å². The zero-order valence-corrected chi connectivity index (χ0v) is 24.5. The van der Waals surface area contributed by atoms with Crippen LogP contribution in [0.2, 0.25) is 0 Å². The fourth-order valence-corrected chi connectivity index (χ4v) is 5.45. The summed E-state index contributed by atoms with van der Waals surface area (Å²) in [5.41, 5.74) is 3.64. The lowest BCUT2D eigenvalue weighted by Gasteiger charge is -2.32. The van der Waals surface area contributed by atoms with E-state index >= 15 is 0 Å². The molecule has 7 heteroatoms. The van der Waals surface area contributed by atoms with Gasteiger partial charge >= 0.3 is 0 Å². The summed E-state index contributed by atoms with van der Waals surface area (Å²) in [4.78, 5) is 34.6. The maximum atomic E-state index is 14.5. The Morgan fingerprint density at radius 2 is 1.52 bits per heavy atom. The molecule has 7 nitrogen and oxygen atoms in total. The number of carbonyl (C=O) groups is 2. The van der Waals surface area contributed by atoms with Crippen molar-refractivity contribution in [3.63, 3.8) is 0 Å². The first kappa shape index (κ1) is 29.3. The summed E-state index contributed by atoms with van der Waals surface area (Å²) in [7, 11) is 4.00. The van der Waals surface area contributed by atoms with E-state index in [0.29, 0.717) is 38.3 Å². The van der Waals surface area contributed by atoms with E-state index in [1.807, 2.05) is 116 Å². The van der Waals surface area contributed by atoms with Crippen molar-refractivity contribution in [3.05, 3.63) is 114 Å². The third-order valence-corrected chi connectivity index (χ3v) is 7.87. The highest BCUT2D eigenvalue weighted by molar-refractivity contribution is 6.08. The number of nitrogens with zero attached hydrogens (tertiary/aromatic N) is 3. The number of ether oxygens (including phenoxy) is 1. The van der Waals surface area contributed by atoms with E-state index in [0.717, 1.165) is 47.2 Å². The Bertz CT molecular complexity index is 1460. The lowest BCUT2D eigenvalue weighted by molar-refractivity contribution is -0.126. The van der Waals surface area contributed by atoms with Gasteiger partial charge in [-0.05, 0) is 40.1 Å².